The second-order valence-electron chi connectivity index (χ2n) is 5.94. The van der Waals surface area contributed by atoms with Crippen molar-refractivity contribution < 1.29 is 0 Å². The molecular formula is C15H29NS. The Labute approximate surface area is 112 Å². The van der Waals surface area contributed by atoms with Gasteiger partial charge in [0, 0.05) is 6.04 Å². The van der Waals surface area contributed by atoms with E-state index in [1.807, 2.05) is 0 Å². The second-order valence-corrected chi connectivity index (χ2v) is 7.17. The third kappa shape index (κ3) is 4.82. The number of rotatable bonds is 4. The van der Waals surface area contributed by atoms with Crippen LogP contribution in [-0.2, 0) is 0 Å². The molecule has 0 bridgehead atoms. The summed E-state index contributed by atoms with van der Waals surface area (Å²) in [7, 11) is 0. The lowest BCUT2D eigenvalue weighted by Crippen LogP contribution is -2.34. The molecule has 1 heterocycles. The van der Waals surface area contributed by atoms with E-state index in [0.29, 0.717) is 0 Å². The van der Waals surface area contributed by atoms with Crippen molar-refractivity contribution >= 4 is 11.8 Å². The predicted molar refractivity (Wildman–Crippen MR) is 78.7 cm³/mol. The van der Waals surface area contributed by atoms with Gasteiger partial charge in [-0.05, 0) is 62.0 Å². The standard InChI is InChI=1S/C15H29NS/c1-2-13-4-3-5-15(7-6-13)16-12-14-8-10-17-11-9-14/h13-16H,2-12H2,1H3. The quantitative estimate of drug-likeness (QED) is 0.760. The normalized spacial score (nSPS) is 32.3. The van der Waals surface area contributed by atoms with Gasteiger partial charge in [0.25, 0.3) is 0 Å². The van der Waals surface area contributed by atoms with Crippen LogP contribution in [0, 0.1) is 11.8 Å². The first-order valence-electron chi connectivity index (χ1n) is 7.69. The molecule has 0 radical (unpaired) electrons. The van der Waals surface area contributed by atoms with Crippen LogP contribution in [0.2, 0.25) is 0 Å². The fraction of sp³-hybridized carbons (Fsp3) is 1.00. The molecule has 1 aliphatic heterocycles. The Morgan fingerprint density at radius 2 is 1.76 bits per heavy atom. The van der Waals surface area contributed by atoms with Gasteiger partial charge in [0.2, 0.25) is 0 Å². The summed E-state index contributed by atoms with van der Waals surface area (Å²) in [6, 6.07) is 0.834. The number of nitrogens with one attached hydrogen (secondary N) is 1. The van der Waals surface area contributed by atoms with Crippen LogP contribution >= 0.6 is 11.8 Å². The summed E-state index contributed by atoms with van der Waals surface area (Å²) in [5.41, 5.74) is 0. The van der Waals surface area contributed by atoms with Gasteiger partial charge in [-0.1, -0.05) is 26.2 Å². The average molecular weight is 255 g/mol. The minimum absolute atomic E-state index is 0.834. The van der Waals surface area contributed by atoms with E-state index in [0.717, 1.165) is 17.9 Å². The Hall–Kier alpha value is 0.310. The van der Waals surface area contributed by atoms with E-state index in [-0.39, 0.29) is 0 Å². The number of thioether (sulfide) groups is 1. The zero-order valence-electron chi connectivity index (χ0n) is 11.4. The van der Waals surface area contributed by atoms with Crippen molar-refractivity contribution in [3.05, 3.63) is 0 Å². The van der Waals surface area contributed by atoms with Crippen LogP contribution in [0.15, 0.2) is 0 Å². The largest absolute Gasteiger partial charge is 0.314 e. The van der Waals surface area contributed by atoms with Gasteiger partial charge in [0.1, 0.15) is 0 Å². The van der Waals surface area contributed by atoms with E-state index in [4.69, 9.17) is 0 Å². The summed E-state index contributed by atoms with van der Waals surface area (Å²) in [4.78, 5) is 0. The third-order valence-corrected chi connectivity index (χ3v) is 5.75. The molecule has 2 rings (SSSR count). The van der Waals surface area contributed by atoms with Gasteiger partial charge >= 0.3 is 0 Å². The molecule has 1 N–H and O–H groups in total. The molecule has 17 heavy (non-hydrogen) atoms. The summed E-state index contributed by atoms with van der Waals surface area (Å²) >= 11 is 2.14. The molecule has 1 saturated carbocycles. The molecular weight excluding hydrogens is 226 g/mol. The van der Waals surface area contributed by atoms with Gasteiger partial charge in [-0.15, -0.1) is 0 Å². The summed E-state index contributed by atoms with van der Waals surface area (Å²) in [5.74, 6) is 4.79. The smallest absolute Gasteiger partial charge is 0.00672 e. The lowest BCUT2D eigenvalue weighted by Gasteiger charge is -2.25. The highest BCUT2D eigenvalue weighted by atomic mass is 32.2. The van der Waals surface area contributed by atoms with Crippen LogP contribution in [0.3, 0.4) is 0 Å². The number of hydrogen-bond acceptors (Lipinski definition) is 2. The van der Waals surface area contributed by atoms with Crippen LogP contribution < -0.4 is 5.32 Å². The minimum Gasteiger partial charge on any atom is -0.314 e. The highest BCUT2D eigenvalue weighted by molar-refractivity contribution is 7.99. The molecule has 2 atom stereocenters. The van der Waals surface area contributed by atoms with Gasteiger partial charge in [-0.2, -0.15) is 11.8 Å². The van der Waals surface area contributed by atoms with E-state index in [1.165, 1.54) is 69.4 Å². The Morgan fingerprint density at radius 3 is 2.53 bits per heavy atom. The van der Waals surface area contributed by atoms with Crippen molar-refractivity contribution in [2.45, 2.75) is 64.3 Å². The van der Waals surface area contributed by atoms with Gasteiger partial charge in [0.05, 0.1) is 0 Å². The maximum absolute atomic E-state index is 3.87. The van der Waals surface area contributed by atoms with E-state index >= 15 is 0 Å². The van der Waals surface area contributed by atoms with Crippen molar-refractivity contribution in [2.75, 3.05) is 18.1 Å². The van der Waals surface area contributed by atoms with Crippen molar-refractivity contribution in [2.24, 2.45) is 11.8 Å². The van der Waals surface area contributed by atoms with Gasteiger partial charge < -0.3 is 5.32 Å². The van der Waals surface area contributed by atoms with Crippen LogP contribution in [0.5, 0.6) is 0 Å². The van der Waals surface area contributed by atoms with Crippen molar-refractivity contribution in [1.82, 2.24) is 5.32 Å². The van der Waals surface area contributed by atoms with Crippen molar-refractivity contribution in [3.63, 3.8) is 0 Å². The first-order chi connectivity index (χ1) is 8.38. The topological polar surface area (TPSA) is 12.0 Å². The first kappa shape index (κ1) is 13.7. The summed E-state index contributed by atoms with van der Waals surface area (Å²) in [5, 5.41) is 3.87. The van der Waals surface area contributed by atoms with Gasteiger partial charge in [-0.3, -0.25) is 0 Å². The zero-order chi connectivity index (χ0) is 11.9. The lowest BCUT2D eigenvalue weighted by atomic mass is 9.97. The minimum atomic E-state index is 0.834. The average Bonchev–Trinajstić information content (AvgIpc) is 2.62. The molecule has 0 aromatic rings. The van der Waals surface area contributed by atoms with Crippen molar-refractivity contribution in [1.29, 1.82) is 0 Å². The SMILES string of the molecule is CCC1CCCC(NCC2CCSCC2)CC1. The molecule has 2 unspecified atom stereocenters. The summed E-state index contributed by atoms with van der Waals surface area (Å²) in [6.07, 6.45) is 11.6. The van der Waals surface area contributed by atoms with Crippen LogP contribution in [0.25, 0.3) is 0 Å². The number of hydrogen-bond donors (Lipinski definition) is 1. The van der Waals surface area contributed by atoms with E-state index in [1.54, 1.807) is 0 Å². The van der Waals surface area contributed by atoms with E-state index < -0.39 is 0 Å². The summed E-state index contributed by atoms with van der Waals surface area (Å²) in [6.45, 7) is 3.65. The Morgan fingerprint density at radius 1 is 0.941 bits per heavy atom. The van der Waals surface area contributed by atoms with Crippen LogP contribution in [0.1, 0.15) is 58.3 Å². The first-order valence-corrected chi connectivity index (χ1v) is 8.85. The molecule has 100 valence electrons. The fourth-order valence-corrected chi connectivity index (χ4v) is 4.48. The Bertz CT molecular complexity index is 201. The Kier molecular flexibility index (Phi) is 6.21. The van der Waals surface area contributed by atoms with Crippen LogP contribution in [0.4, 0.5) is 0 Å². The molecule has 2 aliphatic rings. The molecule has 0 spiro atoms. The second kappa shape index (κ2) is 7.68. The maximum atomic E-state index is 3.87. The van der Waals surface area contributed by atoms with Gasteiger partial charge in [0.15, 0.2) is 0 Å². The van der Waals surface area contributed by atoms with Crippen LogP contribution in [-0.4, -0.2) is 24.1 Å². The molecule has 0 aromatic carbocycles. The van der Waals surface area contributed by atoms with Gasteiger partial charge in [-0.25, -0.2) is 0 Å². The maximum Gasteiger partial charge on any atom is 0.00672 e. The monoisotopic (exact) mass is 255 g/mol. The van der Waals surface area contributed by atoms with E-state index in [2.05, 4.69) is 24.0 Å². The molecule has 0 amide bonds. The van der Waals surface area contributed by atoms with E-state index in [9.17, 15) is 0 Å². The highest BCUT2D eigenvalue weighted by Gasteiger charge is 2.19. The molecule has 0 aromatic heterocycles. The molecule has 1 saturated heterocycles. The fourth-order valence-electron chi connectivity index (χ4n) is 3.27. The zero-order valence-corrected chi connectivity index (χ0v) is 12.2. The highest BCUT2D eigenvalue weighted by Crippen LogP contribution is 2.26. The molecule has 1 nitrogen and oxygen atoms in total. The summed E-state index contributed by atoms with van der Waals surface area (Å²) < 4.78 is 0. The lowest BCUT2D eigenvalue weighted by molar-refractivity contribution is 0.378. The molecule has 2 fully saturated rings. The third-order valence-electron chi connectivity index (χ3n) is 4.70. The molecule has 1 aliphatic carbocycles. The molecule has 2 heteroatoms. The Balaban J connectivity index is 1.64. The predicted octanol–water partition coefficient (Wildman–Crippen LogP) is 4.08. The van der Waals surface area contributed by atoms with Crippen molar-refractivity contribution in [3.8, 4) is 0 Å².